The largest absolute Gasteiger partial charge is 0.421 e. The Hall–Kier alpha value is -3.55. The van der Waals surface area contributed by atoms with Gasteiger partial charge in [-0.05, 0) is 51.8 Å². The predicted molar refractivity (Wildman–Crippen MR) is 128 cm³/mol. The lowest BCUT2D eigenvalue weighted by Gasteiger charge is -2.21. The molecule has 0 spiro atoms. The van der Waals surface area contributed by atoms with E-state index in [0.29, 0.717) is 29.7 Å². The van der Waals surface area contributed by atoms with Crippen LogP contribution < -0.4 is 15.0 Å². The van der Waals surface area contributed by atoms with Crippen molar-refractivity contribution in [2.24, 2.45) is 9.98 Å². The van der Waals surface area contributed by atoms with E-state index < -0.39 is 5.82 Å². The molecular weight excluding hydrogens is 407 g/mol. The Morgan fingerprint density at radius 2 is 2.03 bits per heavy atom. The third-order valence-corrected chi connectivity index (χ3v) is 5.31. The second-order valence-corrected chi connectivity index (χ2v) is 7.65. The minimum absolute atomic E-state index is 0.0608. The Morgan fingerprint density at radius 3 is 2.78 bits per heavy atom. The number of hydrogen-bond acceptors (Lipinski definition) is 7. The molecule has 8 heteroatoms. The topological polar surface area (TPSA) is 75.0 Å². The van der Waals surface area contributed by atoms with E-state index in [1.807, 2.05) is 58.1 Å². The van der Waals surface area contributed by atoms with Crippen molar-refractivity contribution in [1.82, 2.24) is 9.97 Å². The van der Waals surface area contributed by atoms with E-state index in [9.17, 15) is 0 Å². The summed E-state index contributed by atoms with van der Waals surface area (Å²) >= 11 is 0. The van der Waals surface area contributed by atoms with Crippen molar-refractivity contribution in [3.8, 4) is 11.8 Å². The van der Waals surface area contributed by atoms with E-state index in [2.05, 4.69) is 30.2 Å². The maximum Gasteiger partial charge on any atom is 0.326 e. The van der Waals surface area contributed by atoms with Crippen molar-refractivity contribution in [2.45, 2.75) is 34.1 Å². The molecule has 0 saturated carbocycles. The van der Waals surface area contributed by atoms with Gasteiger partial charge in [-0.25, -0.2) is 14.4 Å². The molecule has 2 aromatic rings. The number of anilines is 2. The molecule has 0 amide bonds. The second-order valence-electron chi connectivity index (χ2n) is 7.65. The number of guanidine groups is 1. The van der Waals surface area contributed by atoms with Crippen LogP contribution in [0.5, 0.6) is 11.8 Å². The predicted octanol–water partition coefficient (Wildman–Crippen LogP) is 5.01. The summed E-state index contributed by atoms with van der Waals surface area (Å²) in [6.45, 7) is 10.0. The normalized spacial score (nSPS) is 14.8. The summed E-state index contributed by atoms with van der Waals surface area (Å²) in [5.41, 5.74) is 3.52. The second kappa shape index (κ2) is 9.30. The summed E-state index contributed by atoms with van der Waals surface area (Å²) in [5, 5.41) is 3.13. The first-order valence-electron chi connectivity index (χ1n) is 10.8. The summed E-state index contributed by atoms with van der Waals surface area (Å²) in [7, 11) is 0. The van der Waals surface area contributed by atoms with Gasteiger partial charge in [0.1, 0.15) is 11.6 Å². The van der Waals surface area contributed by atoms with Gasteiger partial charge in [0, 0.05) is 24.7 Å². The van der Waals surface area contributed by atoms with E-state index in [0.717, 1.165) is 36.4 Å². The number of benzene rings is 1. The van der Waals surface area contributed by atoms with E-state index in [1.165, 1.54) is 0 Å². The van der Waals surface area contributed by atoms with Crippen LogP contribution in [0.15, 0.2) is 45.9 Å². The monoisotopic (exact) mass is 434 g/mol. The van der Waals surface area contributed by atoms with E-state index in [1.54, 1.807) is 6.07 Å². The lowest BCUT2D eigenvalue weighted by atomic mass is 10.1. The Kier molecular flexibility index (Phi) is 6.30. The number of nitrogens with zero attached hydrogens (tertiary/aromatic N) is 5. The molecule has 0 atom stereocenters. The number of aliphatic imine (C=N–C) groups is 2. The van der Waals surface area contributed by atoms with Gasteiger partial charge in [0.2, 0.25) is 5.96 Å². The van der Waals surface area contributed by atoms with Gasteiger partial charge in [-0.2, -0.15) is 9.97 Å². The minimum Gasteiger partial charge on any atom is -0.421 e. The van der Waals surface area contributed by atoms with Gasteiger partial charge < -0.3 is 15.0 Å². The van der Waals surface area contributed by atoms with Crippen LogP contribution in [0.4, 0.5) is 16.0 Å². The molecule has 166 valence electrons. The van der Waals surface area contributed by atoms with Gasteiger partial charge in [-0.15, -0.1) is 0 Å². The van der Waals surface area contributed by atoms with E-state index in [-0.39, 0.29) is 11.8 Å². The zero-order chi connectivity index (χ0) is 22.7. The van der Waals surface area contributed by atoms with Crippen LogP contribution in [-0.2, 0) is 6.42 Å². The molecule has 1 aromatic heterocycles. The summed E-state index contributed by atoms with van der Waals surface area (Å²) < 4.78 is 20.9. The zero-order valence-electron chi connectivity index (χ0n) is 18.8. The quantitative estimate of drug-likeness (QED) is 0.663. The number of halogens is 1. The van der Waals surface area contributed by atoms with E-state index in [4.69, 9.17) is 4.74 Å². The summed E-state index contributed by atoms with van der Waals surface area (Å²) in [4.78, 5) is 19.9. The third-order valence-electron chi connectivity index (χ3n) is 5.31. The molecule has 1 aliphatic carbocycles. The van der Waals surface area contributed by atoms with Crippen LogP contribution >= 0.6 is 0 Å². The highest BCUT2D eigenvalue weighted by molar-refractivity contribution is 6.12. The van der Waals surface area contributed by atoms with Crippen molar-refractivity contribution >= 4 is 29.4 Å². The molecule has 2 aliphatic rings. The van der Waals surface area contributed by atoms with Crippen LogP contribution in [0, 0.1) is 5.82 Å². The molecule has 4 rings (SSSR count). The van der Waals surface area contributed by atoms with E-state index >= 15 is 4.39 Å². The molecule has 7 nitrogen and oxygen atoms in total. The average Bonchev–Trinajstić information content (AvgIpc) is 3.37. The molecule has 2 heterocycles. The molecule has 0 radical (unpaired) electrons. The number of nitrogens with one attached hydrogen (secondary N) is 1. The first-order chi connectivity index (χ1) is 15.5. The van der Waals surface area contributed by atoms with Crippen LogP contribution in [0.1, 0.15) is 38.8 Å². The van der Waals surface area contributed by atoms with Crippen molar-refractivity contribution in [2.75, 3.05) is 29.9 Å². The minimum atomic E-state index is -0.397. The smallest absolute Gasteiger partial charge is 0.326 e. The van der Waals surface area contributed by atoms with Gasteiger partial charge in [0.05, 0.1) is 12.3 Å². The highest BCUT2D eigenvalue weighted by atomic mass is 19.1. The van der Waals surface area contributed by atoms with Crippen LogP contribution in [-0.4, -0.2) is 41.3 Å². The SMILES string of the molecule is C/C=C/C1=NC(Nc2cc(N(CC)CC)nc(Oc3ccc4c(c3F)C=C(C)C4)n2)=NC1. The summed E-state index contributed by atoms with van der Waals surface area (Å²) in [6, 6.07) is 5.40. The Balaban J connectivity index is 1.65. The van der Waals surface area contributed by atoms with Crippen molar-refractivity contribution < 1.29 is 9.13 Å². The number of fused-ring (bicyclic) bond motifs is 1. The summed E-state index contributed by atoms with van der Waals surface area (Å²) in [6.07, 6.45) is 6.46. The molecule has 0 saturated heterocycles. The maximum absolute atomic E-state index is 15.1. The van der Waals surface area contributed by atoms with Crippen molar-refractivity contribution in [3.05, 3.63) is 52.9 Å². The first-order valence-corrected chi connectivity index (χ1v) is 10.8. The number of hydrogen-bond donors (Lipinski definition) is 1. The number of allylic oxidation sites excluding steroid dienone is 2. The first kappa shape index (κ1) is 21.7. The fourth-order valence-electron chi connectivity index (χ4n) is 3.76. The maximum atomic E-state index is 15.1. The average molecular weight is 435 g/mol. The van der Waals surface area contributed by atoms with Crippen LogP contribution in [0.25, 0.3) is 6.08 Å². The number of aromatic nitrogens is 2. The Bertz CT molecular complexity index is 1150. The standard InChI is InChI=1S/C24H27FN6O/c1-5-8-17-14-26-23(27-17)28-20-13-21(31(6-2)7-3)30-24(29-20)32-19-10-9-16-11-15(4)12-18(16)22(19)25/h5,8-10,12-13H,6-7,11,14H2,1-4H3,(H,26,28,29,30)/b8-5+. The van der Waals surface area contributed by atoms with Gasteiger partial charge >= 0.3 is 6.01 Å². The van der Waals surface area contributed by atoms with Crippen LogP contribution in [0.2, 0.25) is 0 Å². The zero-order valence-corrected chi connectivity index (χ0v) is 18.8. The number of rotatable bonds is 7. The van der Waals surface area contributed by atoms with Gasteiger partial charge in [-0.1, -0.05) is 23.8 Å². The molecular formula is C24H27FN6O. The molecule has 0 fully saturated rings. The Labute approximate surface area is 187 Å². The highest BCUT2D eigenvalue weighted by Gasteiger charge is 2.20. The molecule has 0 bridgehead atoms. The molecule has 32 heavy (non-hydrogen) atoms. The third kappa shape index (κ3) is 4.54. The van der Waals surface area contributed by atoms with Gasteiger partial charge in [0.25, 0.3) is 0 Å². The lowest BCUT2D eigenvalue weighted by molar-refractivity contribution is 0.411. The fraction of sp³-hybridized carbons (Fsp3) is 0.333. The highest BCUT2D eigenvalue weighted by Crippen LogP contribution is 2.34. The van der Waals surface area contributed by atoms with Gasteiger partial charge in [0.15, 0.2) is 11.6 Å². The molecule has 1 aliphatic heterocycles. The summed E-state index contributed by atoms with van der Waals surface area (Å²) in [5.74, 6) is 1.34. The molecule has 1 N–H and O–H groups in total. The molecule has 0 unspecified atom stereocenters. The fourth-order valence-corrected chi connectivity index (χ4v) is 3.76. The lowest BCUT2D eigenvalue weighted by Crippen LogP contribution is -2.23. The Morgan fingerprint density at radius 1 is 1.22 bits per heavy atom. The van der Waals surface area contributed by atoms with Crippen LogP contribution in [0.3, 0.4) is 0 Å². The van der Waals surface area contributed by atoms with Crippen molar-refractivity contribution in [3.63, 3.8) is 0 Å². The van der Waals surface area contributed by atoms with Crippen molar-refractivity contribution in [1.29, 1.82) is 0 Å². The number of ether oxygens (including phenoxy) is 1. The van der Waals surface area contributed by atoms with Gasteiger partial charge in [-0.3, -0.25) is 0 Å². The molecule has 1 aromatic carbocycles.